The molecule has 0 aromatic carbocycles. The summed E-state index contributed by atoms with van der Waals surface area (Å²) in [6.45, 7) is 0. The molecule has 1 rings (SSSR count). The molecule has 0 bridgehead atoms. The molecule has 0 fully saturated rings. The van der Waals surface area contributed by atoms with Crippen molar-refractivity contribution >= 4 is 15.9 Å². The first-order chi connectivity index (χ1) is 2.89. The van der Waals surface area contributed by atoms with E-state index in [1.807, 2.05) is 0 Å². The van der Waals surface area contributed by atoms with Gasteiger partial charge in [0.1, 0.15) is 6.20 Å². The molecule has 0 aliphatic carbocycles. The van der Waals surface area contributed by atoms with E-state index in [2.05, 4.69) is 30.9 Å². The van der Waals surface area contributed by atoms with Crippen molar-refractivity contribution in [2.75, 3.05) is 0 Å². The predicted octanol–water partition coefficient (Wildman–Crippen LogP) is 0.832. The maximum atomic E-state index is 4.17. The largest absolute Gasteiger partial charge is 0.243 e. The summed E-state index contributed by atoms with van der Waals surface area (Å²) in [4.78, 5) is 0. The van der Waals surface area contributed by atoms with E-state index >= 15 is 0 Å². The van der Waals surface area contributed by atoms with Gasteiger partial charge < -0.3 is 0 Å². The summed E-state index contributed by atoms with van der Waals surface area (Å²) in [5, 5.41) is 6.64. The lowest BCUT2D eigenvalue weighted by Crippen LogP contribution is -1.50. The van der Waals surface area contributed by atoms with Gasteiger partial charge in [-0.2, -0.15) is 0 Å². The first-order valence-electron chi connectivity index (χ1n) is 1.32. The Morgan fingerprint density at radius 2 is 2.67 bits per heavy atom. The van der Waals surface area contributed by atoms with Crippen molar-refractivity contribution in [3.63, 3.8) is 0 Å². The first-order valence-corrected chi connectivity index (χ1v) is 2.12. The van der Waals surface area contributed by atoms with Crippen LogP contribution in [0.25, 0.3) is 0 Å². The van der Waals surface area contributed by atoms with Gasteiger partial charge in [0.2, 0.25) is 0 Å². The summed E-state index contributed by atoms with van der Waals surface area (Å²) in [7, 11) is 0. The minimum Gasteiger partial charge on any atom is -0.243 e. The van der Waals surface area contributed by atoms with Gasteiger partial charge in [-0.3, -0.25) is 0 Å². The molecule has 1 aromatic rings. The number of aromatic nitrogens is 2. The molecule has 0 radical (unpaired) electrons. The summed E-state index contributed by atoms with van der Waals surface area (Å²) in [5.74, 6) is 0. The van der Waals surface area contributed by atoms with Crippen molar-refractivity contribution in [3.05, 3.63) is 10.8 Å². The van der Waals surface area contributed by atoms with Gasteiger partial charge >= 0.3 is 0 Å². The van der Waals surface area contributed by atoms with E-state index in [1.165, 1.54) is 6.20 Å². The molecule has 3 nitrogen and oxygen atoms in total. The molecule has 0 N–H and O–H groups in total. The average Bonchev–Trinajstić information content (AvgIpc) is 1.86. The van der Waals surface area contributed by atoms with Crippen molar-refractivity contribution in [1.29, 1.82) is 0 Å². The topological polar surface area (TPSA) is 38.9 Å². The third kappa shape index (κ3) is 0.567. The van der Waals surface area contributed by atoms with E-state index in [4.69, 9.17) is 0 Å². The number of rotatable bonds is 0. The first kappa shape index (κ1) is 3.80. The molecule has 0 aliphatic rings. The summed E-state index contributed by atoms with van der Waals surface area (Å²) in [5.41, 5.74) is 0. The third-order valence-corrected chi connectivity index (χ3v) is 0.684. The van der Waals surface area contributed by atoms with Crippen molar-refractivity contribution in [2.24, 2.45) is 0 Å². The van der Waals surface area contributed by atoms with Gasteiger partial charge in [0.05, 0.1) is 0 Å². The van der Waals surface area contributed by atoms with Crippen LogP contribution >= 0.6 is 15.9 Å². The Morgan fingerprint density at radius 1 is 1.83 bits per heavy atom. The molecule has 32 valence electrons. The second-order valence-electron chi connectivity index (χ2n) is 0.730. The highest BCUT2D eigenvalue weighted by molar-refractivity contribution is 9.10. The van der Waals surface area contributed by atoms with Crippen molar-refractivity contribution in [1.82, 2.24) is 10.3 Å². The molecule has 6 heavy (non-hydrogen) atoms. The van der Waals surface area contributed by atoms with Crippen LogP contribution in [0.2, 0.25) is 0 Å². The fourth-order valence-corrected chi connectivity index (χ4v) is 0.302. The van der Waals surface area contributed by atoms with Crippen LogP contribution in [0.5, 0.6) is 0 Å². The number of hydrogen-bond acceptors (Lipinski definition) is 3. The molecule has 0 saturated carbocycles. The van der Waals surface area contributed by atoms with Crippen LogP contribution in [0, 0.1) is 0 Å². The quantitative estimate of drug-likeness (QED) is 0.548. The summed E-state index contributed by atoms with van der Waals surface area (Å²) in [6, 6.07) is 0. The van der Waals surface area contributed by atoms with Gasteiger partial charge in [0.15, 0.2) is 4.60 Å². The number of nitrogens with zero attached hydrogens (tertiary/aromatic N) is 2. The lowest BCUT2D eigenvalue weighted by Gasteiger charge is -1.55. The Labute approximate surface area is 42.4 Å². The van der Waals surface area contributed by atoms with E-state index < -0.39 is 0 Å². The highest BCUT2D eigenvalue weighted by atomic mass is 79.9. The minimum absolute atomic E-state index is 0.627. The monoisotopic (exact) mass is 148 g/mol. The normalized spacial score (nSPS) is 8.83. The Bertz CT molecular complexity index is 115. The van der Waals surface area contributed by atoms with E-state index in [0.29, 0.717) is 4.60 Å². The number of hydrogen-bond donors (Lipinski definition) is 0. The SMILES string of the molecule is Brc1cnon1. The smallest absolute Gasteiger partial charge is 0.170 e. The lowest BCUT2D eigenvalue weighted by atomic mass is 11.0. The Balaban J connectivity index is 3.05. The van der Waals surface area contributed by atoms with Crippen LogP contribution in [0.15, 0.2) is 15.4 Å². The molecule has 0 amide bonds. The molecule has 0 saturated heterocycles. The molecule has 0 unspecified atom stereocenters. The van der Waals surface area contributed by atoms with E-state index in [-0.39, 0.29) is 0 Å². The number of halogens is 1. The molecule has 0 spiro atoms. The molecule has 1 aromatic heterocycles. The molecule has 1 heterocycles. The predicted molar refractivity (Wildman–Crippen MR) is 22.0 cm³/mol. The average molecular weight is 149 g/mol. The standard InChI is InChI=1S/C2HBrN2O/c3-2-1-4-6-5-2/h1H. The molecule has 0 atom stereocenters. The van der Waals surface area contributed by atoms with Gasteiger partial charge in [-0.25, -0.2) is 4.63 Å². The summed E-state index contributed by atoms with van der Waals surface area (Å²) < 4.78 is 4.79. The van der Waals surface area contributed by atoms with Gasteiger partial charge in [-0.05, 0) is 21.1 Å². The third-order valence-electron chi connectivity index (χ3n) is 0.334. The molecule has 4 heteroatoms. The molecular formula is C2HBrN2O. The van der Waals surface area contributed by atoms with E-state index in [0.717, 1.165) is 0 Å². The zero-order valence-corrected chi connectivity index (χ0v) is 4.34. The van der Waals surface area contributed by atoms with Crippen molar-refractivity contribution in [3.8, 4) is 0 Å². The van der Waals surface area contributed by atoms with Crippen LogP contribution in [0.1, 0.15) is 0 Å². The Kier molecular flexibility index (Phi) is 0.874. The highest BCUT2D eigenvalue weighted by Crippen LogP contribution is 1.98. The van der Waals surface area contributed by atoms with Gasteiger partial charge in [0, 0.05) is 0 Å². The zero-order valence-electron chi connectivity index (χ0n) is 2.76. The van der Waals surface area contributed by atoms with Crippen LogP contribution < -0.4 is 0 Å². The lowest BCUT2D eigenvalue weighted by molar-refractivity contribution is 0.304. The maximum Gasteiger partial charge on any atom is 0.170 e. The fourth-order valence-electron chi connectivity index (χ4n) is 0.153. The van der Waals surface area contributed by atoms with E-state index in [1.54, 1.807) is 0 Å². The summed E-state index contributed by atoms with van der Waals surface area (Å²) in [6.07, 6.45) is 1.47. The second-order valence-corrected chi connectivity index (χ2v) is 1.54. The Morgan fingerprint density at radius 3 is 2.83 bits per heavy atom. The molecule has 0 aliphatic heterocycles. The van der Waals surface area contributed by atoms with Crippen molar-refractivity contribution in [2.45, 2.75) is 0 Å². The van der Waals surface area contributed by atoms with Crippen LogP contribution in [-0.4, -0.2) is 10.3 Å². The second kappa shape index (κ2) is 1.38. The maximum absolute atomic E-state index is 4.17. The van der Waals surface area contributed by atoms with Crippen LogP contribution in [0.4, 0.5) is 0 Å². The highest BCUT2D eigenvalue weighted by Gasteiger charge is 1.82. The summed E-state index contributed by atoms with van der Waals surface area (Å²) >= 11 is 3.01. The van der Waals surface area contributed by atoms with Crippen molar-refractivity contribution < 1.29 is 4.63 Å². The Hall–Kier alpha value is -0.380. The van der Waals surface area contributed by atoms with Gasteiger partial charge in [0.25, 0.3) is 0 Å². The van der Waals surface area contributed by atoms with Gasteiger partial charge in [-0.15, -0.1) is 0 Å². The van der Waals surface area contributed by atoms with Crippen LogP contribution in [-0.2, 0) is 0 Å². The zero-order chi connectivity index (χ0) is 4.41. The van der Waals surface area contributed by atoms with Gasteiger partial charge in [-0.1, -0.05) is 5.16 Å². The van der Waals surface area contributed by atoms with E-state index in [9.17, 15) is 0 Å². The van der Waals surface area contributed by atoms with Crippen LogP contribution in [0.3, 0.4) is 0 Å². The minimum atomic E-state index is 0.627. The molecular weight excluding hydrogens is 148 g/mol. The fraction of sp³-hybridized carbons (Fsp3) is 0.